The molecule has 0 unspecified atom stereocenters. The number of nitrogens with one attached hydrogen (secondary N) is 1. The fourth-order valence-electron chi connectivity index (χ4n) is 1.91. The molecule has 2 N–H and O–H groups in total. The topological polar surface area (TPSA) is 99.4 Å². The van der Waals surface area contributed by atoms with E-state index in [1.165, 1.54) is 18.2 Å². The Kier molecular flexibility index (Phi) is 6.61. The van der Waals surface area contributed by atoms with E-state index in [0.717, 1.165) is 0 Å². The lowest BCUT2D eigenvalue weighted by Crippen LogP contribution is -2.13. The summed E-state index contributed by atoms with van der Waals surface area (Å²) in [6, 6.07) is 12.8. The molecule has 0 saturated carbocycles. The lowest BCUT2D eigenvalue weighted by atomic mass is 10.1. The van der Waals surface area contributed by atoms with Gasteiger partial charge in [-0.05, 0) is 35.9 Å². The van der Waals surface area contributed by atoms with Crippen LogP contribution >= 0.6 is 23.2 Å². The molecule has 8 heteroatoms. The number of nitrogens with zero attached hydrogens (tertiary/aromatic N) is 1. The Morgan fingerprint density at radius 1 is 1.19 bits per heavy atom. The van der Waals surface area contributed by atoms with Crippen LogP contribution in [0.15, 0.2) is 48.0 Å². The first-order chi connectivity index (χ1) is 12.4. The first kappa shape index (κ1) is 19.3. The number of hydrogen-bond donors (Lipinski definition) is 2. The fourth-order valence-corrected chi connectivity index (χ4v) is 2.26. The Balaban J connectivity index is 2.14. The van der Waals surface area contributed by atoms with Crippen molar-refractivity contribution in [2.24, 2.45) is 0 Å². The van der Waals surface area contributed by atoms with Crippen molar-refractivity contribution >= 4 is 46.8 Å². The standard InChI is InChI=1S/C18H12Cl2N2O4/c19-14-2-1-3-15(17(14)20)22-18(25)12(9-21)8-11-4-6-13(7-5-11)26-10-16(23)24/h1-8H,10H2,(H,22,25)(H,23,24). The lowest BCUT2D eigenvalue weighted by molar-refractivity contribution is -0.139. The lowest BCUT2D eigenvalue weighted by Gasteiger charge is -2.07. The predicted molar refractivity (Wildman–Crippen MR) is 98.3 cm³/mol. The van der Waals surface area contributed by atoms with Gasteiger partial charge in [0.05, 0.1) is 15.7 Å². The summed E-state index contributed by atoms with van der Waals surface area (Å²) in [6.45, 7) is -0.457. The highest BCUT2D eigenvalue weighted by Gasteiger charge is 2.12. The molecule has 6 nitrogen and oxygen atoms in total. The summed E-state index contributed by atoms with van der Waals surface area (Å²) < 4.78 is 5.01. The van der Waals surface area contributed by atoms with E-state index < -0.39 is 18.5 Å². The van der Waals surface area contributed by atoms with Crippen molar-refractivity contribution in [2.75, 3.05) is 11.9 Å². The van der Waals surface area contributed by atoms with Gasteiger partial charge in [-0.25, -0.2) is 4.79 Å². The molecule has 0 heterocycles. The van der Waals surface area contributed by atoms with Crippen molar-refractivity contribution in [3.05, 3.63) is 63.6 Å². The highest BCUT2D eigenvalue weighted by molar-refractivity contribution is 6.44. The monoisotopic (exact) mass is 390 g/mol. The second kappa shape index (κ2) is 8.90. The number of hydrogen-bond acceptors (Lipinski definition) is 4. The van der Waals surface area contributed by atoms with Crippen LogP contribution in [0.1, 0.15) is 5.56 Å². The zero-order valence-corrected chi connectivity index (χ0v) is 14.7. The van der Waals surface area contributed by atoms with Crippen LogP contribution in [-0.2, 0) is 9.59 Å². The van der Waals surface area contributed by atoms with Crippen LogP contribution in [0.4, 0.5) is 5.69 Å². The molecule has 2 aromatic carbocycles. The average molecular weight is 391 g/mol. The zero-order valence-electron chi connectivity index (χ0n) is 13.2. The van der Waals surface area contributed by atoms with E-state index in [9.17, 15) is 14.9 Å². The number of ether oxygens (including phenoxy) is 1. The largest absolute Gasteiger partial charge is 0.482 e. The summed E-state index contributed by atoms with van der Waals surface area (Å²) in [5.41, 5.74) is 0.722. The number of nitriles is 1. The van der Waals surface area contributed by atoms with Gasteiger partial charge in [-0.15, -0.1) is 0 Å². The second-order valence-corrected chi connectivity index (χ2v) is 5.76. The Bertz CT molecular complexity index is 902. The van der Waals surface area contributed by atoms with Gasteiger partial charge in [-0.3, -0.25) is 4.79 Å². The molecular formula is C18H12Cl2N2O4. The van der Waals surface area contributed by atoms with Crippen molar-refractivity contribution < 1.29 is 19.4 Å². The molecule has 0 aromatic heterocycles. The molecule has 0 bridgehead atoms. The number of aliphatic carboxylic acids is 1. The van der Waals surface area contributed by atoms with Crippen molar-refractivity contribution in [3.63, 3.8) is 0 Å². The van der Waals surface area contributed by atoms with Crippen LogP contribution in [0.2, 0.25) is 10.0 Å². The van der Waals surface area contributed by atoms with Gasteiger partial charge >= 0.3 is 5.97 Å². The minimum absolute atomic E-state index is 0.139. The maximum Gasteiger partial charge on any atom is 0.341 e. The number of rotatable bonds is 6. The predicted octanol–water partition coefficient (Wildman–Crippen LogP) is 4.00. The number of halogens is 2. The van der Waals surface area contributed by atoms with Gasteiger partial charge in [-0.2, -0.15) is 5.26 Å². The van der Waals surface area contributed by atoms with Gasteiger partial charge in [0.1, 0.15) is 17.4 Å². The molecule has 0 fully saturated rings. The third-order valence-corrected chi connectivity index (χ3v) is 3.94. The quantitative estimate of drug-likeness (QED) is 0.573. The molecule has 0 aliphatic carbocycles. The summed E-state index contributed by atoms with van der Waals surface area (Å²) in [7, 11) is 0. The van der Waals surface area contributed by atoms with Crippen LogP contribution in [-0.4, -0.2) is 23.6 Å². The zero-order chi connectivity index (χ0) is 19.1. The Morgan fingerprint density at radius 2 is 1.88 bits per heavy atom. The molecule has 26 heavy (non-hydrogen) atoms. The molecule has 0 saturated heterocycles. The number of amides is 1. The molecule has 0 atom stereocenters. The van der Waals surface area contributed by atoms with Crippen LogP contribution in [0.3, 0.4) is 0 Å². The Hall–Kier alpha value is -3.01. The Labute approximate surface area is 159 Å². The smallest absolute Gasteiger partial charge is 0.341 e. The molecule has 0 spiro atoms. The summed E-state index contributed by atoms with van der Waals surface area (Å²) in [6.07, 6.45) is 1.38. The molecule has 1 amide bonds. The number of anilines is 1. The van der Waals surface area contributed by atoms with Crippen LogP contribution in [0, 0.1) is 11.3 Å². The first-order valence-corrected chi connectivity index (χ1v) is 7.98. The molecule has 132 valence electrons. The van der Waals surface area contributed by atoms with Gasteiger partial charge in [0.2, 0.25) is 0 Å². The van der Waals surface area contributed by atoms with Gasteiger partial charge in [0, 0.05) is 0 Å². The van der Waals surface area contributed by atoms with Gasteiger partial charge in [0.15, 0.2) is 6.61 Å². The fraction of sp³-hybridized carbons (Fsp3) is 0.0556. The number of carbonyl (C=O) groups is 2. The summed E-state index contributed by atoms with van der Waals surface area (Å²) in [5, 5.41) is 20.8. The highest BCUT2D eigenvalue weighted by atomic mass is 35.5. The molecule has 2 rings (SSSR count). The second-order valence-electron chi connectivity index (χ2n) is 4.98. The third kappa shape index (κ3) is 5.24. The highest BCUT2D eigenvalue weighted by Crippen LogP contribution is 2.29. The molecule has 0 radical (unpaired) electrons. The summed E-state index contributed by atoms with van der Waals surface area (Å²) in [5.74, 6) is -1.36. The number of carboxylic acids is 1. The molecular weight excluding hydrogens is 379 g/mol. The van der Waals surface area contributed by atoms with Gasteiger partial charge in [0.25, 0.3) is 5.91 Å². The van der Waals surface area contributed by atoms with Crippen LogP contribution < -0.4 is 10.1 Å². The van der Waals surface area contributed by atoms with Crippen molar-refractivity contribution in [1.29, 1.82) is 5.26 Å². The number of benzene rings is 2. The van der Waals surface area contributed by atoms with Crippen LogP contribution in [0.25, 0.3) is 6.08 Å². The van der Waals surface area contributed by atoms with E-state index in [1.807, 2.05) is 6.07 Å². The molecule has 0 aliphatic rings. The first-order valence-electron chi connectivity index (χ1n) is 7.22. The van der Waals surface area contributed by atoms with Crippen LogP contribution in [0.5, 0.6) is 5.75 Å². The van der Waals surface area contributed by atoms with Crippen molar-refractivity contribution in [3.8, 4) is 11.8 Å². The SMILES string of the molecule is N#CC(=Cc1ccc(OCC(=O)O)cc1)C(=O)Nc1cccc(Cl)c1Cl. The Morgan fingerprint density at radius 3 is 2.50 bits per heavy atom. The molecule has 0 aliphatic heterocycles. The maximum atomic E-state index is 12.3. The third-order valence-electron chi connectivity index (χ3n) is 3.12. The molecule has 2 aromatic rings. The van der Waals surface area contributed by atoms with E-state index in [-0.39, 0.29) is 15.6 Å². The van der Waals surface area contributed by atoms with Crippen molar-refractivity contribution in [1.82, 2.24) is 0 Å². The van der Waals surface area contributed by atoms with E-state index in [4.69, 9.17) is 33.0 Å². The number of carbonyl (C=O) groups excluding carboxylic acids is 1. The van der Waals surface area contributed by atoms with Crippen molar-refractivity contribution in [2.45, 2.75) is 0 Å². The summed E-state index contributed by atoms with van der Waals surface area (Å²) in [4.78, 5) is 22.7. The minimum Gasteiger partial charge on any atom is -0.482 e. The van der Waals surface area contributed by atoms with E-state index in [2.05, 4.69) is 5.32 Å². The summed E-state index contributed by atoms with van der Waals surface area (Å²) >= 11 is 11.9. The maximum absolute atomic E-state index is 12.3. The normalized spacial score (nSPS) is 10.7. The van der Waals surface area contributed by atoms with Gasteiger partial charge < -0.3 is 15.2 Å². The van der Waals surface area contributed by atoms with Gasteiger partial charge in [-0.1, -0.05) is 41.4 Å². The number of carboxylic acid groups (broad SMARTS) is 1. The van der Waals surface area contributed by atoms with E-state index in [1.54, 1.807) is 30.3 Å². The average Bonchev–Trinajstić information content (AvgIpc) is 2.62. The minimum atomic E-state index is -1.09. The van der Waals surface area contributed by atoms with E-state index in [0.29, 0.717) is 17.0 Å². The van der Waals surface area contributed by atoms with E-state index >= 15 is 0 Å².